The number of nitrogens with zero attached hydrogens (tertiary/aromatic N) is 1. The molecule has 2 aromatic rings. The zero-order valence-electron chi connectivity index (χ0n) is 12.2. The molecule has 0 amide bonds. The minimum absolute atomic E-state index is 0.138. The summed E-state index contributed by atoms with van der Waals surface area (Å²) in [5.41, 5.74) is 3.53. The van der Waals surface area contributed by atoms with Crippen molar-refractivity contribution in [2.75, 3.05) is 6.54 Å². The highest BCUT2D eigenvalue weighted by Crippen LogP contribution is 2.21. The van der Waals surface area contributed by atoms with E-state index >= 15 is 0 Å². The Bertz CT molecular complexity index is 604. The summed E-state index contributed by atoms with van der Waals surface area (Å²) in [5, 5.41) is 13.1. The summed E-state index contributed by atoms with van der Waals surface area (Å²) in [4.78, 5) is 5.18. The second kappa shape index (κ2) is 7.98. The van der Waals surface area contributed by atoms with Gasteiger partial charge in [0.25, 0.3) is 0 Å². The molecule has 7 heteroatoms. The summed E-state index contributed by atoms with van der Waals surface area (Å²) in [6, 6.07) is 5.11. The van der Waals surface area contributed by atoms with Gasteiger partial charge in [0.05, 0.1) is 6.10 Å². The quantitative estimate of drug-likeness (QED) is 0.579. The van der Waals surface area contributed by atoms with Gasteiger partial charge in [0.2, 0.25) is 0 Å². The van der Waals surface area contributed by atoms with Crippen LogP contribution in [0, 0.1) is 11.6 Å². The van der Waals surface area contributed by atoms with E-state index in [1.165, 1.54) is 6.07 Å². The van der Waals surface area contributed by atoms with E-state index in [0.717, 1.165) is 12.1 Å². The Kier molecular flexibility index (Phi) is 6.00. The maximum absolute atomic E-state index is 13.2. The van der Waals surface area contributed by atoms with Gasteiger partial charge in [-0.05, 0) is 31.0 Å². The molecule has 1 aromatic carbocycles. The molecule has 1 aromatic heterocycles. The van der Waals surface area contributed by atoms with Crippen LogP contribution >= 0.6 is 0 Å². The predicted octanol–water partition coefficient (Wildman–Crippen LogP) is 2.80. The average molecular weight is 312 g/mol. The van der Waals surface area contributed by atoms with Crippen molar-refractivity contribution in [1.82, 2.24) is 10.6 Å². The van der Waals surface area contributed by atoms with Crippen molar-refractivity contribution in [2.45, 2.75) is 32.5 Å². The van der Waals surface area contributed by atoms with Gasteiger partial charge in [-0.1, -0.05) is 12.1 Å². The zero-order chi connectivity index (χ0) is 15.9. The van der Waals surface area contributed by atoms with Crippen LogP contribution in [0.2, 0.25) is 0 Å². The molecular weight excluding hydrogens is 294 g/mol. The van der Waals surface area contributed by atoms with Gasteiger partial charge in [-0.2, -0.15) is 0 Å². The fourth-order valence-electron chi connectivity index (χ4n) is 1.80. The summed E-state index contributed by atoms with van der Waals surface area (Å²) in [6.45, 7) is 2.55. The second-order valence-electron chi connectivity index (χ2n) is 4.84. The third kappa shape index (κ3) is 4.59. The highest BCUT2D eigenvalue weighted by Gasteiger charge is 2.10. The number of hydroxylamine groups is 1. The summed E-state index contributed by atoms with van der Waals surface area (Å²) < 4.78 is 31.1. The zero-order valence-corrected chi connectivity index (χ0v) is 12.2. The van der Waals surface area contributed by atoms with E-state index in [0.29, 0.717) is 36.4 Å². The molecule has 120 valence electrons. The third-order valence-electron chi connectivity index (χ3n) is 3.14. The van der Waals surface area contributed by atoms with Crippen molar-refractivity contribution in [2.24, 2.45) is 0 Å². The van der Waals surface area contributed by atoms with Crippen molar-refractivity contribution in [3.63, 3.8) is 0 Å². The van der Waals surface area contributed by atoms with E-state index in [-0.39, 0.29) is 12.7 Å². The molecule has 0 radical (unpaired) electrons. The topological polar surface area (TPSA) is 67.5 Å². The molecule has 1 atom stereocenters. The monoisotopic (exact) mass is 312 g/mol. The minimum Gasteiger partial charge on any atom is -0.393 e. The van der Waals surface area contributed by atoms with Crippen LogP contribution in [0.1, 0.15) is 25.5 Å². The smallest absolute Gasteiger partial charge is 0.165 e. The largest absolute Gasteiger partial charge is 0.393 e. The Morgan fingerprint density at radius 1 is 1.32 bits per heavy atom. The summed E-state index contributed by atoms with van der Waals surface area (Å²) >= 11 is 0. The van der Waals surface area contributed by atoms with Crippen LogP contribution in [-0.2, 0) is 11.4 Å². The number of rotatable bonds is 8. The lowest BCUT2D eigenvalue weighted by Crippen LogP contribution is -2.20. The normalized spacial score (nSPS) is 12.5. The number of halogens is 2. The molecule has 2 rings (SSSR count). The first-order valence-corrected chi connectivity index (χ1v) is 7.04. The summed E-state index contributed by atoms with van der Waals surface area (Å²) in [6.07, 6.45) is 0.940. The molecule has 1 heterocycles. The van der Waals surface area contributed by atoms with Gasteiger partial charge in [-0.15, -0.1) is 0 Å². The van der Waals surface area contributed by atoms with Crippen molar-refractivity contribution in [3.8, 4) is 11.3 Å². The molecule has 0 fully saturated rings. The maximum atomic E-state index is 13.2. The van der Waals surface area contributed by atoms with Crippen LogP contribution < -0.4 is 5.48 Å². The van der Waals surface area contributed by atoms with E-state index in [9.17, 15) is 13.9 Å². The standard InChI is InChI=1S/C15H18F2N2O3/c1-2-11(20)5-6-18-21-9-12-8-15(19-22-12)10-3-4-13(16)14(17)7-10/h3-4,7-8,11,18,20H,2,5-6,9H2,1H3. The molecule has 22 heavy (non-hydrogen) atoms. The van der Waals surface area contributed by atoms with Crippen LogP contribution in [0.4, 0.5) is 8.78 Å². The Balaban J connectivity index is 1.82. The maximum Gasteiger partial charge on any atom is 0.165 e. The Labute approximate surface area is 126 Å². The van der Waals surface area contributed by atoms with Crippen molar-refractivity contribution in [3.05, 3.63) is 41.7 Å². The highest BCUT2D eigenvalue weighted by molar-refractivity contribution is 5.58. The fourth-order valence-corrected chi connectivity index (χ4v) is 1.80. The van der Waals surface area contributed by atoms with Gasteiger partial charge in [0.1, 0.15) is 12.3 Å². The number of benzene rings is 1. The Morgan fingerprint density at radius 3 is 2.86 bits per heavy atom. The van der Waals surface area contributed by atoms with Crippen LogP contribution in [0.25, 0.3) is 11.3 Å². The highest BCUT2D eigenvalue weighted by atomic mass is 19.2. The first kappa shape index (κ1) is 16.5. The fraction of sp³-hybridized carbons (Fsp3) is 0.400. The Hall–Kier alpha value is -1.83. The van der Waals surface area contributed by atoms with Gasteiger partial charge in [0.15, 0.2) is 17.4 Å². The lowest BCUT2D eigenvalue weighted by atomic mass is 10.1. The number of hydrogen-bond donors (Lipinski definition) is 2. The molecule has 2 N–H and O–H groups in total. The number of aromatic nitrogens is 1. The molecule has 0 spiro atoms. The number of nitrogens with one attached hydrogen (secondary N) is 1. The van der Waals surface area contributed by atoms with Gasteiger partial charge in [-0.3, -0.25) is 4.84 Å². The summed E-state index contributed by atoms with van der Waals surface area (Å²) in [5.74, 6) is -1.40. The van der Waals surface area contributed by atoms with Gasteiger partial charge in [0, 0.05) is 18.2 Å². The van der Waals surface area contributed by atoms with E-state index in [1.807, 2.05) is 6.92 Å². The molecule has 0 saturated heterocycles. The molecule has 0 aliphatic rings. The van der Waals surface area contributed by atoms with E-state index < -0.39 is 11.6 Å². The van der Waals surface area contributed by atoms with E-state index in [1.54, 1.807) is 6.07 Å². The molecule has 0 aliphatic carbocycles. The summed E-state index contributed by atoms with van der Waals surface area (Å²) in [7, 11) is 0. The Morgan fingerprint density at radius 2 is 2.14 bits per heavy atom. The van der Waals surface area contributed by atoms with Crippen molar-refractivity contribution >= 4 is 0 Å². The molecule has 0 aliphatic heterocycles. The van der Waals surface area contributed by atoms with Gasteiger partial charge in [-0.25, -0.2) is 14.3 Å². The number of aliphatic hydroxyl groups is 1. The molecule has 5 nitrogen and oxygen atoms in total. The van der Waals surface area contributed by atoms with Crippen molar-refractivity contribution < 1.29 is 23.2 Å². The number of hydrogen-bond acceptors (Lipinski definition) is 5. The minimum atomic E-state index is -0.936. The second-order valence-corrected chi connectivity index (χ2v) is 4.84. The molecule has 0 bridgehead atoms. The molecular formula is C15H18F2N2O3. The SMILES string of the molecule is CCC(O)CCNOCc1cc(-c2ccc(F)c(F)c2)no1. The first-order valence-electron chi connectivity index (χ1n) is 7.04. The van der Waals surface area contributed by atoms with Crippen LogP contribution in [0.15, 0.2) is 28.8 Å². The lowest BCUT2D eigenvalue weighted by Gasteiger charge is -2.07. The van der Waals surface area contributed by atoms with Gasteiger partial charge < -0.3 is 9.63 Å². The average Bonchev–Trinajstić information content (AvgIpc) is 2.98. The van der Waals surface area contributed by atoms with Crippen molar-refractivity contribution in [1.29, 1.82) is 0 Å². The molecule has 1 unspecified atom stereocenters. The predicted molar refractivity (Wildman–Crippen MR) is 75.6 cm³/mol. The number of aliphatic hydroxyl groups excluding tert-OH is 1. The van der Waals surface area contributed by atoms with E-state index in [4.69, 9.17) is 9.36 Å². The van der Waals surface area contributed by atoms with Crippen LogP contribution in [0.3, 0.4) is 0 Å². The lowest BCUT2D eigenvalue weighted by molar-refractivity contribution is 0.00872. The van der Waals surface area contributed by atoms with Crippen LogP contribution in [0.5, 0.6) is 0 Å². The van der Waals surface area contributed by atoms with Crippen LogP contribution in [-0.4, -0.2) is 22.9 Å². The molecule has 0 saturated carbocycles. The third-order valence-corrected chi connectivity index (χ3v) is 3.14. The van der Waals surface area contributed by atoms with E-state index in [2.05, 4.69) is 10.6 Å². The first-order chi connectivity index (χ1) is 10.6. The van der Waals surface area contributed by atoms with Gasteiger partial charge >= 0.3 is 0 Å².